The molecule has 1 aliphatic heterocycles. The maximum atomic E-state index is 14.8. The molecule has 0 saturated carbocycles. The maximum Gasteiger partial charge on any atom is 0.165 e. The van der Waals surface area contributed by atoms with E-state index < -0.39 is 21.7 Å². The third kappa shape index (κ3) is 8.19. The molecule has 0 aliphatic carbocycles. The average Bonchev–Trinajstić information content (AvgIpc) is 2.93. The zero-order valence-electron chi connectivity index (χ0n) is 22.0. The number of ketones is 1. The first-order valence-electron chi connectivity index (χ1n) is 13.0. The number of benzene rings is 3. The SMILES string of the molecule is CS(=O)(=O)CC[C@@H]1CO[C@H](COc2c(F)cccc2CC(=O)[C@@H](N)C(c2ccccc2)c2ccccc2)CN1. The van der Waals surface area contributed by atoms with Crippen LogP contribution in [0.3, 0.4) is 0 Å². The normalized spacial score (nSPS) is 18.6. The van der Waals surface area contributed by atoms with Gasteiger partial charge in [-0.05, 0) is 23.6 Å². The van der Waals surface area contributed by atoms with Gasteiger partial charge in [0, 0.05) is 36.7 Å². The maximum absolute atomic E-state index is 14.8. The number of nitrogens with two attached hydrogens (primary N) is 1. The lowest BCUT2D eigenvalue weighted by atomic mass is 9.82. The Hall–Kier alpha value is -3.11. The molecule has 0 radical (unpaired) electrons. The lowest BCUT2D eigenvalue weighted by Gasteiger charge is -2.30. The van der Waals surface area contributed by atoms with Crippen molar-refractivity contribution in [1.29, 1.82) is 0 Å². The van der Waals surface area contributed by atoms with Crippen LogP contribution >= 0.6 is 0 Å². The van der Waals surface area contributed by atoms with E-state index >= 15 is 0 Å². The van der Waals surface area contributed by atoms with Gasteiger partial charge in [0.1, 0.15) is 22.5 Å². The smallest absolute Gasteiger partial charge is 0.165 e. The minimum absolute atomic E-state index is 0.0109. The minimum Gasteiger partial charge on any atom is -0.487 e. The molecule has 0 spiro atoms. The number of rotatable bonds is 12. The van der Waals surface area contributed by atoms with E-state index in [0.29, 0.717) is 25.1 Å². The summed E-state index contributed by atoms with van der Waals surface area (Å²) in [5.74, 6) is -1.05. The van der Waals surface area contributed by atoms with Gasteiger partial charge in [0.15, 0.2) is 17.3 Å². The molecule has 39 heavy (non-hydrogen) atoms. The van der Waals surface area contributed by atoms with Gasteiger partial charge in [-0.15, -0.1) is 0 Å². The Balaban J connectivity index is 1.41. The summed E-state index contributed by atoms with van der Waals surface area (Å²) >= 11 is 0. The van der Waals surface area contributed by atoms with Gasteiger partial charge in [0.05, 0.1) is 18.4 Å². The van der Waals surface area contributed by atoms with Crippen molar-refractivity contribution < 1.29 is 27.1 Å². The topological polar surface area (TPSA) is 108 Å². The van der Waals surface area contributed by atoms with E-state index in [1.54, 1.807) is 12.1 Å². The molecular formula is C30H35FN2O5S. The number of hydrogen-bond donors (Lipinski definition) is 2. The highest BCUT2D eigenvalue weighted by molar-refractivity contribution is 7.90. The predicted octanol–water partition coefficient (Wildman–Crippen LogP) is 3.27. The molecule has 1 fully saturated rings. The van der Waals surface area contributed by atoms with E-state index in [0.717, 1.165) is 11.1 Å². The Morgan fingerprint density at radius 3 is 2.26 bits per heavy atom. The third-order valence-electron chi connectivity index (χ3n) is 6.88. The number of sulfone groups is 1. The zero-order valence-corrected chi connectivity index (χ0v) is 22.8. The molecule has 3 N–H and O–H groups in total. The van der Waals surface area contributed by atoms with Crippen LogP contribution in [0.2, 0.25) is 0 Å². The highest BCUT2D eigenvalue weighted by atomic mass is 32.2. The average molecular weight is 555 g/mol. The molecule has 0 bridgehead atoms. The van der Waals surface area contributed by atoms with E-state index in [1.807, 2.05) is 60.7 Å². The van der Waals surface area contributed by atoms with Gasteiger partial charge in [0.2, 0.25) is 0 Å². The van der Waals surface area contributed by atoms with Crippen LogP contribution in [-0.2, 0) is 25.8 Å². The second-order valence-corrected chi connectivity index (χ2v) is 12.2. The van der Waals surface area contributed by atoms with Crippen LogP contribution in [-0.4, -0.2) is 64.2 Å². The van der Waals surface area contributed by atoms with Crippen LogP contribution in [0.25, 0.3) is 0 Å². The van der Waals surface area contributed by atoms with Crippen LogP contribution < -0.4 is 15.8 Å². The van der Waals surface area contributed by atoms with Gasteiger partial charge >= 0.3 is 0 Å². The first kappa shape index (κ1) is 28.9. The Morgan fingerprint density at radius 2 is 1.69 bits per heavy atom. The van der Waals surface area contributed by atoms with Crippen molar-refractivity contribution in [3.05, 3.63) is 101 Å². The van der Waals surface area contributed by atoms with Gasteiger partial charge < -0.3 is 20.5 Å². The Labute approximate surface area is 229 Å². The number of hydrogen-bond acceptors (Lipinski definition) is 7. The van der Waals surface area contributed by atoms with Crippen LogP contribution in [0.15, 0.2) is 78.9 Å². The van der Waals surface area contributed by atoms with Crippen molar-refractivity contribution >= 4 is 15.6 Å². The molecule has 0 unspecified atom stereocenters. The van der Waals surface area contributed by atoms with Gasteiger partial charge in [-0.3, -0.25) is 4.79 Å². The fourth-order valence-corrected chi connectivity index (χ4v) is 5.48. The van der Waals surface area contributed by atoms with E-state index in [2.05, 4.69) is 5.32 Å². The quantitative estimate of drug-likeness (QED) is 0.354. The van der Waals surface area contributed by atoms with Crippen LogP contribution in [0.5, 0.6) is 5.75 Å². The van der Waals surface area contributed by atoms with E-state index in [4.69, 9.17) is 15.2 Å². The number of Topliss-reactive ketones (excluding diaryl/α,β-unsaturated/α-hetero) is 1. The van der Waals surface area contributed by atoms with E-state index in [1.165, 1.54) is 12.3 Å². The third-order valence-corrected chi connectivity index (χ3v) is 7.86. The lowest BCUT2D eigenvalue weighted by Crippen LogP contribution is -2.49. The van der Waals surface area contributed by atoms with Crippen molar-refractivity contribution in [1.82, 2.24) is 5.32 Å². The molecule has 0 amide bonds. The van der Waals surface area contributed by atoms with Crippen molar-refractivity contribution in [3.8, 4) is 5.75 Å². The van der Waals surface area contributed by atoms with E-state index in [9.17, 15) is 17.6 Å². The molecule has 9 heteroatoms. The molecule has 208 valence electrons. The first-order valence-corrected chi connectivity index (χ1v) is 15.1. The van der Waals surface area contributed by atoms with Crippen LogP contribution in [0, 0.1) is 5.82 Å². The molecule has 3 aromatic carbocycles. The second-order valence-electron chi connectivity index (χ2n) is 9.99. The Bertz CT molecular complexity index is 1290. The summed E-state index contributed by atoms with van der Waals surface area (Å²) in [5, 5.41) is 3.26. The number of nitrogens with one attached hydrogen (secondary N) is 1. The number of morpholine rings is 1. The molecule has 4 rings (SSSR count). The monoisotopic (exact) mass is 554 g/mol. The highest BCUT2D eigenvalue weighted by Crippen LogP contribution is 2.30. The number of ether oxygens (including phenoxy) is 2. The molecular weight excluding hydrogens is 519 g/mol. The van der Waals surface area contributed by atoms with Crippen molar-refractivity contribution in [2.75, 3.05) is 31.8 Å². The predicted molar refractivity (Wildman–Crippen MR) is 149 cm³/mol. The van der Waals surface area contributed by atoms with Gasteiger partial charge in [-0.1, -0.05) is 72.8 Å². The number of para-hydroxylation sites is 1. The first-order chi connectivity index (χ1) is 18.7. The molecule has 7 nitrogen and oxygen atoms in total. The van der Waals surface area contributed by atoms with E-state index in [-0.39, 0.29) is 48.4 Å². The van der Waals surface area contributed by atoms with Gasteiger partial charge in [-0.2, -0.15) is 0 Å². The molecule has 3 atom stereocenters. The summed E-state index contributed by atoms with van der Waals surface area (Å²) in [4.78, 5) is 13.5. The minimum atomic E-state index is -3.04. The molecule has 1 heterocycles. The summed E-state index contributed by atoms with van der Waals surface area (Å²) in [6, 6.07) is 22.9. The molecule has 0 aromatic heterocycles. The fraction of sp³-hybridized carbons (Fsp3) is 0.367. The summed E-state index contributed by atoms with van der Waals surface area (Å²) in [6.07, 6.45) is 1.24. The Morgan fingerprint density at radius 1 is 1.05 bits per heavy atom. The standard InChI is InChI=1S/C30H35FN2O5S/c1-39(35,36)16-15-24-19-37-25(18-33-24)20-38-30-23(13-8-14-26(30)31)17-27(34)29(32)28(21-9-4-2-5-10-21)22-11-6-3-7-12-22/h2-14,24-25,28-29,33H,15-20,32H2,1H3/t24-,25+,29-/m1/s1. The number of carbonyl (C=O) groups is 1. The number of carbonyl (C=O) groups excluding carboxylic acids is 1. The summed E-state index contributed by atoms with van der Waals surface area (Å²) in [5.41, 5.74) is 8.84. The summed E-state index contributed by atoms with van der Waals surface area (Å²) < 4.78 is 49.3. The molecule has 1 saturated heterocycles. The lowest BCUT2D eigenvalue weighted by molar-refractivity contribution is -0.120. The fourth-order valence-electron chi connectivity index (χ4n) is 4.77. The zero-order chi connectivity index (χ0) is 27.8. The van der Waals surface area contributed by atoms with Crippen molar-refractivity contribution in [2.45, 2.75) is 36.9 Å². The van der Waals surface area contributed by atoms with Crippen LogP contribution in [0.1, 0.15) is 29.0 Å². The largest absolute Gasteiger partial charge is 0.487 e. The second kappa shape index (κ2) is 13.3. The Kier molecular flexibility index (Phi) is 9.85. The highest BCUT2D eigenvalue weighted by Gasteiger charge is 2.29. The summed E-state index contributed by atoms with van der Waals surface area (Å²) in [6.45, 7) is 0.857. The molecule has 1 aliphatic rings. The van der Waals surface area contributed by atoms with Gasteiger partial charge in [0.25, 0.3) is 0 Å². The van der Waals surface area contributed by atoms with Crippen LogP contribution in [0.4, 0.5) is 4.39 Å². The van der Waals surface area contributed by atoms with Crippen molar-refractivity contribution in [3.63, 3.8) is 0 Å². The molecule has 3 aromatic rings. The van der Waals surface area contributed by atoms with Gasteiger partial charge in [-0.25, -0.2) is 12.8 Å². The van der Waals surface area contributed by atoms with Crippen molar-refractivity contribution in [2.24, 2.45) is 5.73 Å². The number of halogens is 1. The summed E-state index contributed by atoms with van der Waals surface area (Å²) in [7, 11) is -3.04.